The summed E-state index contributed by atoms with van der Waals surface area (Å²) in [7, 11) is 0. The highest BCUT2D eigenvalue weighted by molar-refractivity contribution is 5.97. The smallest absolute Gasteiger partial charge is 0.409 e. The summed E-state index contributed by atoms with van der Waals surface area (Å²) in [6.07, 6.45) is 2.92. The zero-order chi connectivity index (χ0) is 31.0. The van der Waals surface area contributed by atoms with E-state index in [1.54, 1.807) is 61.8 Å². The maximum atomic E-state index is 13.7. The fraction of sp³-hybridized carbons (Fsp3) is 0.419. The minimum atomic E-state index is -1.02. The van der Waals surface area contributed by atoms with Crippen LogP contribution in [0.2, 0.25) is 0 Å². The van der Waals surface area contributed by atoms with Gasteiger partial charge < -0.3 is 24.6 Å². The predicted octanol–water partition coefficient (Wildman–Crippen LogP) is 3.46. The molecule has 0 saturated carbocycles. The molecule has 228 valence electrons. The molecule has 4 rings (SSSR count). The highest BCUT2D eigenvalue weighted by Gasteiger charge is 2.32. The highest BCUT2D eigenvalue weighted by atomic mass is 16.6. The molecule has 1 aliphatic rings. The van der Waals surface area contributed by atoms with Crippen molar-refractivity contribution in [1.29, 1.82) is 0 Å². The van der Waals surface area contributed by atoms with Crippen molar-refractivity contribution in [2.45, 2.75) is 52.2 Å². The molecule has 1 aliphatic heterocycles. The van der Waals surface area contributed by atoms with Crippen LogP contribution in [0.5, 0.6) is 0 Å². The van der Waals surface area contributed by atoms with Crippen molar-refractivity contribution in [2.24, 2.45) is 0 Å². The van der Waals surface area contributed by atoms with E-state index in [4.69, 9.17) is 9.47 Å². The van der Waals surface area contributed by atoms with Crippen LogP contribution in [0, 0.1) is 0 Å². The Balaban J connectivity index is 1.56. The minimum Gasteiger partial charge on any atom is -0.460 e. The maximum Gasteiger partial charge on any atom is 0.409 e. The summed E-state index contributed by atoms with van der Waals surface area (Å²) in [5.41, 5.74) is 1.39. The van der Waals surface area contributed by atoms with Crippen LogP contribution in [0.25, 0.3) is 16.9 Å². The number of carbonyl (C=O) groups excluding carboxylic acids is 4. The monoisotopic (exact) mass is 590 g/mol. The second-order valence-corrected chi connectivity index (χ2v) is 11.1. The lowest BCUT2D eigenvalue weighted by Crippen LogP contribution is -2.56. The Hall–Kier alpha value is -4.74. The van der Waals surface area contributed by atoms with Gasteiger partial charge in [-0.15, -0.1) is 0 Å². The molecule has 0 spiro atoms. The summed E-state index contributed by atoms with van der Waals surface area (Å²) < 4.78 is 12.1. The number of rotatable bonds is 9. The number of nitrogens with one attached hydrogen (secondary N) is 1. The van der Waals surface area contributed by atoms with Gasteiger partial charge in [0.15, 0.2) is 0 Å². The topological polar surface area (TPSA) is 136 Å². The summed E-state index contributed by atoms with van der Waals surface area (Å²) in [6, 6.07) is 13.6. The molecule has 3 aromatic rings. The molecule has 43 heavy (non-hydrogen) atoms. The summed E-state index contributed by atoms with van der Waals surface area (Å²) >= 11 is 0. The average Bonchev–Trinajstić information content (AvgIpc) is 3.54. The van der Waals surface area contributed by atoms with Crippen molar-refractivity contribution < 1.29 is 28.7 Å². The van der Waals surface area contributed by atoms with Gasteiger partial charge in [0, 0.05) is 50.6 Å². The van der Waals surface area contributed by atoms with Gasteiger partial charge in [-0.2, -0.15) is 5.10 Å². The van der Waals surface area contributed by atoms with Gasteiger partial charge in [-0.1, -0.05) is 30.3 Å². The Morgan fingerprint density at radius 2 is 1.67 bits per heavy atom. The zero-order valence-electron chi connectivity index (χ0n) is 25.0. The second kappa shape index (κ2) is 14.0. The molecule has 1 fully saturated rings. The maximum absolute atomic E-state index is 13.7. The Morgan fingerprint density at radius 1 is 0.977 bits per heavy atom. The van der Waals surface area contributed by atoms with E-state index in [9.17, 15) is 19.2 Å². The van der Waals surface area contributed by atoms with E-state index < -0.39 is 29.6 Å². The van der Waals surface area contributed by atoms with Crippen LogP contribution in [0.1, 0.15) is 51.0 Å². The molecule has 3 heterocycles. The van der Waals surface area contributed by atoms with E-state index in [1.165, 1.54) is 4.90 Å². The van der Waals surface area contributed by atoms with Crippen molar-refractivity contribution >= 4 is 23.9 Å². The zero-order valence-corrected chi connectivity index (χ0v) is 25.0. The Kier molecular flexibility index (Phi) is 10.1. The molecular formula is C31H38N6O6. The third-order valence-corrected chi connectivity index (χ3v) is 6.66. The van der Waals surface area contributed by atoms with Crippen LogP contribution in [0.15, 0.2) is 60.9 Å². The molecule has 0 aliphatic carbocycles. The first-order chi connectivity index (χ1) is 20.5. The largest absolute Gasteiger partial charge is 0.460 e. The van der Waals surface area contributed by atoms with Crippen LogP contribution >= 0.6 is 0 Å². The lowest BCUT2D eigenvalue weighted by molar-refractivity contribution is -0.155. The van der Waals surface area contributed by atoms with E-state index in [0.29, 0.717) is 24.5 Å². The Bertz CT molecular complexity index is 1410. The number of hydrogen-bond donors (Lipinski definition) is 1. The number of benzene rings is 1. The van der Waals surface area contributed by atoms with Crippen molar-refractivity contribution in [3.63, 3.8) is 0 Å². The lowest BCUT2D eigenvalue weighted by Gasteiger charge is -2.36. The molecule has 1 unspecified atom stereocenters. The molecule has 3 amide bonds. The number of aromatic nitrogens is 3. The molecule has 12 heteroatoms. The van der Waals surface area contributed by atoms with Crippen molar-refractivity contribution in [3.8, 4) is 16.9 Å². The summed E-state index contributed by atoms with van der Waals surface area (Å²) in [5.74, 6) is -1.40. The number of carbonyl (C=O) groups is 4. The Morgan fingerprint density at radius 3 is 2.30 bits per heavy atom. The second-order valence-electron chi connectivity index (χ2n) is 11.1. The van der Waals surface area contributed by atoms with Gasteiger partial charge in [0.1, 0.15) is 17.3 Å². The van der Waals surface area contributed by atoms with Crippen molar-refractivity contribution in [1.82, 2.24) is 29.9 Å². The highest BCUT2D eigenvalue weighted by Crippen LogP contribution is 2.21. The van der Waals surface area contributed by atoms with E-state index >= 15 is 0 Å². The standard InChI is InChI=1S/C31H38N6O6/c1-5-42-30(41)36-18-16-35(17-19-36)29(40)24(12-13-27(38)43-31(2,3)4)34-28(39)26-21-23(37-15-9-14-32-37)20-25(33-26)22-10-7-6-8-11-22/h6-11,14-15,20-21,24H,5,12-13,16-19H2,1-4H3,(H,34,39). The molecule has 1 atom stereocenters. The quantitative estimate of drug-likeness (QED) is 0.375. The van der Waals surface area contributed by atoms with Gasteiger partial charge in [0.05, 0.1) is 18.0 Å². The van der Waals surface area contributed by atoms with E-state index in [0.717, 1.165) is 5.56 Å². The number of piperazine rings is 1. The number of amides is 3. The summed E-state index contributed by atoms with van der Waals surface area (Å²) in [5, 5.41) is 7.11. The number of esters is 1. The van der Waals surface area contributed by atoms with Gasteiger partial charge in [-0.05, 0) is 52.3 Å². The SMILES string of the molecule is CCOC(=O)N1CCN(C(=O)C(CCC(=O)OC(C)(C)C)NC(=O)c2cc(-n3cccn3)cc(-c3ccccc3)n2)CC1. The molecule has 1 N–H and O–H groups in total. The van der Waals surface area contributed by atoms with Crippen LogP contribution in [-0.4, -0.2) is 92.9 Å². The summed E-state index contributed by atoms with van der Waals surface area (Å²) in [6.45, 7) is 8.42. The summed E-state index contributed by atoms with van der Waals surface area (Å²) in [4.78, 5) is 59.8. The molecule has 12 nitrogen and oxygen atoms in total. The van der Waals surface area contributed by atoms with E-state index in [2.05, 4.69) is 15.4 Å². The Labute approximate surface area is 251 Å². The van der Waals surface area contributed by atoms with Gasteiger partial charge in [0.2, 0.25) is 5.91 Å². The normalized spacial score (nSPS) is 14.1. The minimum absolute atomic E-state index is 0.0297. The van der Waals surface area contributed by atoms with Gasteiger partial charge >= 0.3 is 12.1 Å². The molecule has 1 aromatic carbocycles. The number of nitrogens with zero attached hydrogens (tertiary/aromatic N) is 5. The fourth-order valence-corrected chi connectivity index (χ4v) is 4.63. The molecule has 1 saturated heterocycles. The number of hydrogen-bond acceptors (Lipinski definition) is 8. The molecule has 0 bridgehead atoms. The first-order valence-electron chi connectivity index (χ1n) is 14.3. The van der Waals surface area contributed by atoms with Crippen LogP contribution in [-0.2, 0) is 19.1 Å². The van der Waals surface area contributed by atoms with Crippen LogP contribution in [0.3, 0.4) is 0 Å². The first kappa shape index (κ1) is 31.2. The lowest BCUT2D eigenvalue weighted by atomic mass is 10.1. The van der Waals surface area contributed by atoms with Crippen molar-refractivity contribution in [3.05, 3.63) is 66.6 Å². The first-order valence-corrected chi connectivity index (χ1v) is 14.3. The predicted molar refractivity (Wildman–Crippen MR) is 158 cm³/mol. The van der Waals surface area contributed by atoms with E-state index in [1.807, 2.05) is 36.4 Å². The molecular weight excluding hydrogens is 552 g/mol. The van der Waals surface area contributed by atoms with E-state index in [-0.39, 0.29) is 44.1 Å². The van der Waals surface area contributed by atoms with Crippen molar-refractivity contribution in [2.75, 3.05) is 32.8 Å². The molecule has 2 aromatic heterocycles. The van der Waals surface area contributed by atoms with Gasteiger partial charge in [0.25, 0.3) is 5.91 Å². The van der Waals surface area contributed by atoms with Gasteiger partial charge in [-0.25, -0.2) is 14.5 Å². The average molecular weight is 591 g/mol. The number of pyridine rings is 1. The third kappa shape index (κ3) is 8.63. The van der Waals surface area contributed by atoms with Crippen LogP contribution in [0.4, 0.5) is 4.79 Å². The van der Waals surface area contributed by atoms with Gasteiger partial charge in [-0.3, -0.25) is 14.4 Å². The molecule has 0 radical (unpaired) electrons. The van der Waals surface area contributed by atoms with Crippen LogP contribution < -0.4 is 5.32 Å². The number of ether oxygens (including phenoxy) is 2. The third-order valence-electron chi connectivity index (χ3n) is 6.66. The fourth-order valence-electron chi connectivity index (χ4n) is 4.63.